The Hall–Kier alpha value is -0.540. The Morgan fingerprint density at radius 2 is 2.36 bits per heavy atom. The van der Waals surface area contributed by atoms with Crippen molar-refractivity contribution in [2.45, 2.75) is 12.5 Å². The maximum Gasteiger partial charge on any atom is 0.241 e. The molecule has 0 aromatic heterocycles. The molecule has 0 bridgehead atoms. The molecule has 5 heteroatoms. The van der Waals surface area contributed by atoms with Gasteiger partial charge in [0.15, 0.2) is 0 Å². The van der Waals surface area contributed by atoms with Gasteiger partial charge in [0.05, 0.1) is 0 Å². The van der Waals surface area contributed by atoms with E-state index in [0.29, 0.717) is 5.17 Å². The zero-order chi connectivity index (χ0) is 7.84. The summed E-state index contributed by atoms with van der Waals surface area (Å²) >= 11 is 11.4. The third-order valence-corrected chi connectivity index (χ3v) is 2.11. The Kier molecular flexibility index (Phi) is 1.62. The van der Waals surface area contributed by atoms with Crippen molar-refractivity contribution in [2.75, 3.05) is 0 Å². The van der Waals surface area contributed by atoms with Crippen LogP contribution in [-0.4, -0.2) is 21.5 Å². The fourth-order valence-corrected chi connectivity index (χ4v) is 1.59. The fraction of sp³-hybridized carbons (Fsp3) is 0.333. The second kappa shape index (κ2) is 2.50. The monoisotopic (exact) mass is 189 g/mol. The van der Waals surface area contributed by atoms with Crippen molar-refractivity contribution in [1.82, 2.24) is 5.01 Å². The van der Waals surface area contributed by atoms with Crippen molar-refractivity contribution in [2.24, 2.45) is 10.1 Å². The number of amidine groups is 1. The number of nitrogens with zero attached hydrogens (tertiary/aromatic N) is 3. The molecular formula is C6H5Cl2N3. The standard InChI is InChI=1S/C6H5Cl2N3/c7-5-4-2-1-3-11(4)10-6(8)9-5/h1,3-4H,2H2. The molecule has 2 aliphatic heterocycles. The molecule has 58 valence electrons. The number of halogens is 2. The van der Waals surface area contributed by atoms with E-state index >= 15 is 0 Å². The van der Waals surface area contributed by atoms with Gasteiger partial charge in [-0.2, -0.15) is 0 Å². The molecule has 3 nitrogen and oxygen atoms in total. The summed E-state index contributed by atoms with van der Waals surface area (Å²) in [6.45, 7) is 0. The van der Waals surface area contributed by atoms with E-state index in [1.165, 1.54) is 0 Å². The molecule has 11 heavy (non-hydrogen) atoms. The van der Waals surface area contributed by atoms with Crippen LogP contribution in [0.5, 0.6) is 0 Å². The minimum Gasteiger partial charge on any atom is -0.260 e. The molecule has 0 amide bonds. The van der Waals surface area contributed by atoms with Crippen LogP contribution in [0.1, 0.15) is 6.42 Å². The van der Waals surface area contributed by atoms with Crippen LogP contribution in [0, 0.1) is 0 Å². The third-order valence-electron chi connectivity index (χ3n) is 1.61. The van der Waals surface area contributed by atoms with Crippen molar-refractivity contribution in [1.29, 1.82) is 0 Å². The number of rotatable bonds is 0. The molecule has 1 unspecified atom stereocenters. The molecule has 2 aliphatic rings. The second-order valence-corrected chi connectivity index (χ2v) is 3.05. The van der Waals surface area contributed by atoms with Gasteiger partial charge in [0.2, 0.25) is 5.29 Å². The van der Waals surface area contributed by atoms with Gasteiger partial charge in [0.25, 0.3) is 0 Å². The van der Waals surface area contributed by atoms with Gasteiger partial charge < -0.3 is 0 Å². The van der Waals surface area contributed by atoms with Gasteiger partial charge in [0, 0.05) is 6.20 Å². The molecule has 1 atom stereocenters. The van der Waals surface area contributed by atoms with E-state index in [9.17, 15) is 0 Å². The number of hydrazone groups is 1. The minimum atomic E-state index is 0.0826. The molecule has 0 saturated heterocycles. The predicted molar refractivity (Wildman–Crippen MR) is 46.0 cm³/mol. The maximum atomic E-state index is 5.82. The molecule has 0 radical (unpaired) electrons. The van der Waals surface area contributed by atoms with Crippen LogP contribution in [0.2, 0.25) is 0 Å². The number of hydrogen-bond donors (Lipinski definition) is 0. The lowest BCUT2D eigenvalue weighted by Gasteiger charge is -2.21. The highest BCUT2D eigenvalue weighted by Crippen LogP contribution is 2.22. The van der Waals surface area contributed by atoms with E-state index in [2.05, 4.69) is 10.1 Å². The molecule has 0 aliphatic carbocycles. The highest BCUT2D eigenvalue weighted by atomic mass is 35.5. The Morgan fingerprint density at radius 3 is 3.18 bits per heavy atom. The molecule has 2 rings (SSSR count). The van der Waals surface area contributed by atoms with E-state index in [4.69, 9.17) is 23.2 Å². The number of fused-ring (bicyclic) bond motifs is 1. The Labute approximate surface area is 74.0 Å². The van der Waals surface area contributed by atoms with Crippen molar-refractivity contribution >= 4 is 33.7 Å². The first-order valence-electron chi connectivity index (χ1n) is 3.20. The normalized spacial score (nSPS) is 28.2. The average Bonchev–Trinajstić information content (AvgIpc) is 2.34. The van der Waals surface area contributed by atoms with Gasteiger partial charge >= 0.3 is 0 Å². The topological polar surface area (TPSA) is 28.0 Å². The van der Waals surface area contributed by atoms with Crippen LogP contribution in [0.15, 0.2) is 22.4 Å². The molecule has 2 heterocycles. The van der Waals surface area contributed by atoms with Gasteiger partial charge in [-0.25, -0.2) is 4.99 Å². The predicted octanol–water partition coefficient (Wildman–Crippen LogP) is 1.74. The summed E-state index contributed by atoms with van der Waals surface area (Å²) in [5.41, 5.74) is 0. The lowest BCUT2D eigenvalue weighted by atomic mass is 10.2. The van der Waals surface area contributed by atoms with Crippen molar-refractivity contribution in [3.05, 3.63) is 12.3 Å². The van der Waals surface area contributed by atoms with Gasteiger partial charge in [-0.15, -0.1) is 5.10 Å². The first-order chi connectivity index (χ1) is 5.27. The van der Waals surface area contributed by atoms with E-state index in [0.717, 1.165) is 6.42 Å². The molecule has 0 N–H and O–H groups in total. The molecule has 0 aromatic rings. The van der Waals surface area contributed by atoms with E-state index in [-0.39, 0.29) is 11.3 Å². The summed E-state index contributed by atoms with van der Waals surface area (Å²) in [6, 6.07) is 0.0826. The summed E-state index contributed by atoms with van der Waals surface area (Å²) in [6.07, 6.45) is 4.70. The van der Waals surface area contributed by atoms with Crippen LogP contribution < -0.4 is 0 Å². The van der Waals surface area contributed by atoms with E-state index in [1.54, 1.807) is 5.01 Å². The first kappa shape index (κ1) is 7.13. The van der Waals surface area contributed by atoms with Gasteiger partial charge in [-0.3, -0.25) is 5.01 Å². The first-order valence-corrected chi connectivity index (χ1v) is 3.96. The summed E-state index contributed by atoms with van der Waals surface area (Å²) in [5.74, 6) is 0. The van der Waals surface area contributed by atoms with Crippen LogP contribution in [0.25, 0.3) is 0 Å². The molecular weight excluding hydrogens is 185 g/mol. The van der Waals surface area contributed by atoms with Crippen LogP contribution in [0.3, 0.4) is 0 Å². The van der Waals surface area contributed by atoms with Gasteiger partial charge in [0.1, 0.15) is 11.2 Å². The number of hydrogen-bond acceptors (Lipinski definition) is 3. The summed E-state index contributed by atoms with van der Waals surface area (Å²) in [5, 5.41) is 6.37. The quantitative estimate of drug-likeness (QED) is 0.534. The lowest BCUT2D eigenvalue weighted by Crippen LogP contribution is -2.31. The highest BCUT2D eigenvalue weighted by molar-refractivity contribution is 6.72. The Balaban J connectivity index is 2.33. The molecule has 0 aromatic carbocycles. The fourth-order valence-electron chi connectivity index (χ4n) is 1.10. The summed E-state index contributed by atoms with van der Waals surface area (Å²) in [4.78, 5) is 3.84. The zero-order valence-electron chi connectivity index (χ0n) is 5.54. The van der Waals surface area contributed by atoms with Crippen LogP contribution >= 0.6 is 23.2 Å². The SMILES string of the molecule is ClC1=NN2C=CCC2C(Cl)=N1. The molecule has 0 fully saturated rings. The average molecular weight is 190 g/mol. The van der Waals surface area contributed by atoms with E-state index in [1.807, 2.05) is 12.3 Å². The summed E-state index contributed by atoms with van der Waals surface area (Å²) < 4.78 is 0. The third kappa shape index (κ3) is 1.14. The van der Waals surface area contributed by atoms with Gasteiger partial charge in [-0.05, 0) is 18.0 Å². The van der Waals surface area contributed by atoms with Crippen LogP contribution in [-0.2, 0) is 0 Å². The van der Waals surface area contributed by atoms with Gasteiger partial charge in [-0.1, -0.05) is 17.7 Å². The number of aliphatic imine (C=N–C) groups is 1. The largest absolute Gasteiger partial charge is 0.260 e. The highest BCUT2D eigenvalue weighted by Gasteiger charge is 2.26. The maximum absolute atomic E-state index is 5.82. The van der Waals surface area contributed by atoms with E-state index < -0.39 is 0 Å². The van der Waals surface area contributed by atoms with Crippen molar-refractivity contribution < 1.29 is 0 Å². The second-order valence-electron chi connectivity index (χ2n) is 2.32. The Bertz CT molecular complexity index is 269. The van der Waals surface area contributed by atoms with Crippen molar-refractivity contribution in [3.8, 4) is 0 Å². The smallest absolute Gasteiger partial charge is 0.241 e. The van der Waals surface area contributed by atoms with Crippen LogP contribution in [0.4, 0.5) is 0 Å². The Morgan fingerprint density at radius 1 is 1.55 bits per heavy atom. The minimum absolute atomic E-state index is 0.0826. The van der Waals surface area contributed by atoms with Crippen molar-refractivity contribution in [3.63, 3.8) is 0 Å². The zero-order valence-corrected chi connectivity index (χ0v) is 7.05. The lowest BCUT2D eigenvalue weighted by molar-refractivity contribution is 0.380. The molecule has 0 saturated carbocycles. The summed E-state index contributed by atoms with van der Waals surface area (Å²) in [7, 11) is 0. The molecule has 0 spiro atoms.